The molecule has 5 nitrogen and oxygen atoms in total. The van der Waals surface area contributed by atoms with Crippen molar-refractivity contribution in [2.24, 2.45) is 5.73 Å². The van der Waals surface area contributed by atoms with Gasteiger partial charge in [-0.05, 0) is 25.0 Å². The molecule has 0 aromatic carbocycles. The van der Waals surface area contributed by atoms with Gasteiger partial charge in [0.05, 0.1) is 12.1 Å². The number of rotatable bonds is 5. The van der Waals surface area contributed by atoms with Crippen molar-refractivity contribution < 1.29 is 18.9 Å². The molecule has 0 unspecified atom stereocenters. The molecule has 0 heterocycles. The molecule has 0 amide bonds. The van der Waals surface area contributed by atoms with E-state index in [2.05, 4.69) is 35.8 Å². The number of thioether (sulfide) groups is 1. The molecule has 0 saturated heterocycles. The normalized spacial score (nSPS) is 22.0. The van der Waals surface area contributed by atoms with Gasteiger partial charge in [-0.3, -0.25) is 4.52 Å². The third-order valence-electron chi connectivity index (χ3n) is 3.52. The summed E-state index contributed by atoms with van der Waals surface area (Å²) >= 11 is 1.56. The van der Waals surface area contributed by atoms with Crippen LogP contribution in [0.2, 0.25) is 0 Å². The first-order valence-electron chi connectivity index (χ1n) is 7.23. The molecule has 0 fully saturated rings. The lowest BCUT2D eigenvalue weighted by Crippen LogP contribution is -2.30. The predicted octanol–water partition coefficient (Wildman–Crippen LogP) is 2.85. The van der Waals surface area contributed by atoms with Crippen LogP contribution in [-0.4, -0.2) is 32.4 Å². The van der Waals surface area contributed by atoms with Crippen molar-refractivity contribution in [3.8, 4) is 0 Å². The van der Waals surface area contributed by atoms with Crippen LogP contribution < -0.4 is 5.73 Å². The molecule has 0 spiro atoms. The van der Waals surface area contributed by atoms with Gasteiger partial charge in [0, 0.05) is 10.5 Å². The Morgan fingerprint density at radius 1 is 1.09 bits per heavy atom. The molecule has 0 bridgehead atoms. The molecule has 0 atom stereocenters. The fraction of sp³-hybridized carbons (Fsp3) is 0.375. The fourth-order valence-corrected chi connectivity index (χ4v) is 3.56. The monoisotopic (exact) mass is 355 g/mol. The highest BCUT2D eigenvalue weighted by atomic mass is 32.2. The maximum absolute atomic E-state index is 10.7. The highest BCUT2D eigenvalue weighted by Crippen LogP contribution is 2.37. The van der Waals surface area contributed by atoms with Crippen LogP contribution in [0.1, 0.15) is 13.8 Å². The van der Waals surface area contributed by atoms with Crippen molar-refractivity contribution in [2.45, 2.75) is 24.1 Å². The smallest absolute Gasteiger partial charge is 0.319 e. The summed E-state index contributed by atoms with van der Waals surface area (Å²) in [5, 5.41) is 0. The summed E-state index contributed by atoms with van der Waals surface area (Å²) in [6, 6.07) is 0. The molecule has 0 aromatic rings. The van der Waals surface area contributed by atoms with Gasteiger partial charge < -0.3 is 15.5 Å². The summed E-state index contributed by atoms with van der Waals surface area (Å²) in [4.78, 5) is 17.4. The van der Waals surface area contributed by atoms with Crippen LogP contribution in [0.5, 0.6) is 0 Å². The molecular weight excluding hydrogens is 333 g/mol. The molecule has 7 heteroatoms. The Morgan fingerprint density at radius 2 is 1.57 bits per heavy atom. The number of allylic oxidation sites excluding steroid dienone is 6. The zero-order valence-electron chi connectivity index (χ0n) is 13.2. The highest BCUT2D eigenvalue weighted by molar-refractivity contribution is 8.01. The van der Waals surface area contributed by atoms with Crippen LogP contribution in [0.4, 0.5) is 0 Å². The van der Waals surface area contributed by atoms with Crippen LogP contribution in [0, 0.1) is 0 Å². The minimum atomic E-state index is -4.39. The third-order valence-corrected chi connectivity index (χ3v) is 5.30. The van der Waals surface area contributed by atoms with Gasteiger partial charge in [0.1, 0.15) is 0 Å². The van der Waals surface area contributed by atoms with Crippen LogP contribution in [0.15, 0.2) is 59.8 Å². The number of hydrogen-bond donors (Lipinski definition) is 3. The number of phosphoric ester groups is 1. The zero-order valence-corrected chi connectivity index (χ0v) is 14.9. The van der Waals surface area contributed by atoms with Gasteiger partial charge in [-0.2, -0.15) is 0 Å². The van der Waals surface area contributed by atoms with Crippen molar-refractivity contribution in [1.82, 2.24) is 0 Å². The molecule has 4 N–H and O–H groups in total. The molecule has 2 rings (SSSR count). The first-order chi connectivity index (χ1) is 10.6. The topological polar surface area (TPSA) is 92.8 Å². The SMILES string of the molecule is CC1(N)C=CC2=C(C=C1)C=CC(C)(SCCOP(=O)(O)O)C=C2. The maximum Gasteiger partial charge on any atom is 0.469 e. The van der Waals surface area contributed by atoms with E-state index < -0.39 is 13.4 Å². The second-order valence-electron chi connectivity index (χ2n) is 5.97. The molecule has 126 valence electrons. The summed E-state index contributed by atoms with van der Waals surface area (Å²) in [6.07, 6.45) is 16.2. The average Bonchev–Trinajstić information content (AvgIpc) is 2.67. The molecule has 23 heavy (non-hydrogen) atoms. The maximum atomic E-state index is 10.7. The van der Waals surface area contributed by atoms with Crippen molar-refractivity contribution in [3.05, 3.63) is 59.8 Å². The average molecular weight is 355 g/mol. The van der Waals surface area contributed by atoms with Crippen LogP contribution in [0.25, 0.3) is 0 Å². The minimum Gasteiger partial charge on any atom is -0.319 e. The van der Waals surface area contributed by atoms with Crippen molar-refractivity contribution in [1.29, 1.82) is 0 Å². The summed E-state index contributed by atoms with van der Waals surface area (Å²) in [6.45, 7) is 4.00. The third kappa shape index (κ3) is 5.92. The van der Waals surface area contributed by atoms with Crippen LogP contribution in [0.3, 0.4) is 0 Å². The van der Waals surface area contributed by atoms with Gasteiger partial charge in [-0.15, -0.1) is 11.8 Å². The molecule has 2 aliphatic carbocycles. The van der Waals surface area contributed by atoms with Crippen molar-refractivity contribution in [2.75, 3.05) is 12.4 Å². The Labute approximate surface area is 140 Å². The number of phosphoric acid groups is 1. The van der Waals surface area contributed by atoms with Gasteiger partial charge in [0.2, 0.25) is 0 Å². The largest absolute Gasteiger partial charge is 0.469 e. The Kier molecular flexibility index (Phi) is 5.56. The van der Waals surface area contributed by atoms with Gasteiger partial charge in [-0.1, -0.05) is 48.6 Å². The lowest BCUT2D eigenvalue weighted by atomic mass is 10.0. The Hall–Kier alpha value is -0.880. The van der Waals surface area contributed by atoms with E-state index >= 15 is 0 Å². The van der Waals surface area contributed by atoms with Gasteiger partial charge in [0.15, 0.2) is 0 Å². The second kappa shape index (κ2) is 6.93. The fourth-order valence-electron chi connectivity index (χ4n) is 2.17. The Morgan fingerprint density at radius 3 is 2.04 bits per heavy atom. The zero-order chi connectivity index (χ0) is 17.1. The number of hydrogen-bond acceptors (Lipinski definition) is 4. The van der Waals surface area contributed by atoms with Crippen molar-refractivity contribution in [3.63, 3.8) is 0 Å². The Balaban J connectivity index is 2.03. The molecular formula is C16H22NO4PS. The summed E-state index contributed by atoms with van der Waals surface area (Å²) in [7, 11) is -4.39. The first kappa shape index (κ1) is 18.5. The molecule has 2 aliphatic rings. The van der Waals surface area contributed by atoms with E-state index in [9.17, 15) is 4.57 Å². The van der Waals surface area contributed by atoms with E-state index in [4.69, 9.17) is 15.5 Å². The van der Waals surface area contributed by atoms with Crippen LogP contribution in [-0.2, 0) is 9.09 Å². The number of nitrogens with two attached hydrogens (primary N) is 1. The second-order valence-corrected chi connectivity index (χ2v) is 8.78. The van der Waals surface area contributed by atoms with Gasteiger partial charge >= 0.3 is 7.82 Å². The molecule has 0 radical (unpaired) electrons. The van der Waals surface area contributed by atoms with E-state index in [0.29, 0.717) is 5.75 Å². The van der Waals surface area contributed by atoms with E-state index in [1.54, 1.807) is 11.8 Å². The quantitative estimate of drug-likeness (QED) is 0.519. The van der Waals surface area contributed by atoms with E-state index in [0.717, 1.165) is 11.1 Å². The van der Waals surface area contributed by atoms with Crippen molar-refractivity contribution >= 4 is 19.6 Å². The van der Waals surface area contributed by atoms with E-state index in [-0.39, 0.29) is 11.4 Å². The van der Waals surface area contributed by atoms with E-state index in [1.165, 1.54) is 0 Å². The summed E-state index contributed by atoms with van der Waals surface area (Å²) in [5.74, 6) is 0.480. The summed E-state index contributed by atoms with van der Waals surface area (Å²) in [5.41, 5.74) is 7.83. The van der Waals surface area contributed by atoms with E-state index in [1.807, 2.05) is 31.2 Å². The summed E-state index contributed by atoms with van der Waals surface area (Å²) < 4.78 is 14.9. The molecule has 0 saturated carbocycles. The van der Waals surface area contributed by atoms with Gasteiger partial charge in [0.25, 0.3) is 0 Å². The first-order valence-corrected chi connectivity index (χ1v) is 9.74. The predicted molar refractivity (Wildman–Crippen MR) is 95.0 cm³/mol. The highest BCUT2D eigenvalue weighted by Gasteiger charge is 2.22. The van der Waals surface area contributed by atoms with Crippen LogP contribution >= 0.6 is 19.6 Å². The minimum absolute atomic E-state index is 0.00465. The Bertz CT molecular complexity index is 619. The molecule has 0 aliphatic heterocycles. The molecule has 0 aromatic heterocycles. The van der Waals surface area contributed by atoms with Gasteiger partial charge in [-0.25, -0.2) is 4.57 Å². The standard InChI is InChI=1S/C16H22NO4PS/c1-15(17)7-3-13-5-9-16(2,10-6-14(13)4-8-15)23-12-11-21-22(18,19)20/h3-10H,11-12,17H2,1-2H3,(H2,18,19,20). The lowest BCUT2D eigenvalue weighted by Gasteiger charge is -2.21. The lowest BCUT2D eigenvalue weighted by molar-refractivity contribution is 0.208.